The Hall–Kier alpha value is -1.23. The van der Waals surface area contributed by atoms with Gasteiger partial charge >= 0.3 is 0 Å². The number of benzene rings is 1. The molecule has 0 bridgehead atoms. The third-order valence-corrected chi connectivity index (χ3v) is 4.87. The van der Waals surface area contributed by atoms with Crippen LogP contribution >= 0.6 is 0 Å². The Morgan fingerprint density at radius 3 is 2.78 bits per heavy atom. The predicted molar refractivity (Wildman–Crippen MR) is 73.0 cm³/mol. The highest BCUT2D eigenvalue weighted by atomic mass is 32.2. The average molecular weight is 269 g/mol. The molecule has 100 valence electrons. The van der Waals surface area contributed by atoms with Crippen LogP contribution in [0.3, 0.4) is 0 Å². The van der Waals surface area contributed by atoms with E-state index in [1.54, 1.807) is 0 Å². The summed E-state index contributed by atoms with van der Waals surface area (Å²) in [5.74, 6) is 1.38. The Morgan fingerprint density at radius 2 is 2.22 bits per heavy atom. The fourth-order valence-electron chi connectivity index (χ4n) is 2.18. The summed E-state index contributed by atoms with van der Waals surface area (Å²) in [4.78, 5) is 0. The van der Waals surface area contributed by atoms with Crippen LogP contribution in [0.5, 0.6) is 5.75 Å². The molecule has 1 unspecified atom stereocenters. The molecule has 0 aliphatic carbocycles. The molecule has 4 nitrogen and oxygen atoms in total. The lowest BCUT2D eigenvalue weighted by Gasteiger charge is -2.15. The Bertz CT molecular complexity index is 525. The average Bonchev–Trinajstić information content (AvgIpc) is 2.63. The molecule has 1 aliphatic heterocycles. The van der Waals surface area contributed by atoms with Gasteiger partial charge in [0.1, 0.15) is 5.75 Å². The lowest BCUT2D eigenvalue weighted by atomic mass is 10.1. The first-order chi connectivity index (χ1) is 8.50. The summed E-state index contributed by atoms with van der Waals surface area (Å²) in [7, 11) is -2.83. The Labute approximate surface area is 108 Å². The summed E-state index contributed by atoms with van der Waals surface area (Å²) in [6, 6.07) is 5.86. The molecule has 1 saturated heterocycles. The Balaban J connectivity index is 2.06. The minimum atomic E-state index is -2.83. The van der Waals surface area contributed by atoms with Gasteiger partial charge in [0.15, 0.2) is 9.84 Å². The topological polar surface area (TPSA) is 55.4 Å². The molecule has 1 N–H and O–H groups in total. The molecule has 5 heteroatoms. The van der Waals surface area contributed by atoms with E-state index in [1.807, 2.05) is 32.0 Å². The number of hydrogen-bond acceptors (Lipinski definition) is 4. The van der Waals surface area contributed by atoms with Crippen molar-refractivity contribution in [2.45, 2.75) is 26.3 Å². The van der Waals surface area contributed by atoms with Gasteiger partial charge < -0.3 is 10.1 Å². The van der Waals surface area contributed by atoms with Crippen molar-refractivity contribution in [3.05, 3.63) is 23.8 Å². The zero-order valence-electron chi connectivity index (χ0n) is 10.8. The van der Waals surface area contributed by atoms with Crippen LogP contribution < -0.4 is 10.1 Å². The maximum atomic E-state index is 11.4. The van der Waals surface area contributed by atoms with Gasteiger partial charge in [-0.3, -0.25) is 0 Å². The summed E-state index contributed by atoms with van der Waals surface area (Å²) >= 11 is 0. The molecule has 1 aliphatic rings. The van der Waals surface area contributed by atoms with Crippen molar-refractivity contribution < 1.29 is 13.2 Å². The van der Waals surface area contributed by atoms with Crippen LogP contribution in [0.25, 0.3) is 0 Å². The molecule has 18 heavy (non-hydrogen) atoms. The van der Waals surface area contributed by atoms with Crippen LogP contribution in [0.2, 0.25) is 0 Å². The third kappa shape index (κ3) is 3.16. The van der Waals surface area contributed by atoms with Gasteiger partial charge in [0.05, 0.1) is 18.1 Å². The molecule has 1 fully saturated rings. The van der Waals surface area contributed by atoms with Gasteiger partial charge in [-0.2, -0.15) is 0 Å². The SMILES string of the molecule is CCOc1ccc(NC2CCS(=O)(=O)C2)c(C)c1. The number of hydrogen-bond donors (Lipinski definition) is 1. The zero-order chi connectivity index (χ0) is 13.2. The van der Waals surface area contributed by atoms with Crippen molar-refractivity contribution in [1.82, 2.24) is 0 Å². The largest absolute Gasteiger partial charge is 0.494 e. The standard InChI is InChI=1S/C13H19NO3S/c1-3-17-12-4-5-13(10(2)8-12)14-11-6-7-18(15,16)9-11/h4-5,8,11,14H,3,6-7,9H2,1-2H3. The fraction of sp³-hybridized carbons (Fsp3) is 0.538. The lowest BCUT2D eigenvalue weighted by Crippen LogP contribution is -2.21. The van der Waals surface area contributed by atoms with Gasteiger partial charge in [0.25, 0.3) is 0 Å². The first-order valence-corrected chi connectivity index (χ1v) is 8.03. The van der Waals surface area contributed by atoms with Gasteiger partial charge in [-0.15, -0.1) is 0 Å². The van der Waals surface area contributed by atoms with Crippen molar-refractivity contribution in [3.8, 4) is 5.75 Å². The molecular weight excluding hydrogens is 250 g/mol. The molecule has 1 heterocycles. The molecule has 2 rings (SSSR count). The highest BCUT2D eigenvalue weighted by Crippen LogP contribution is 2.24. The van der Waals surface area contributed by atoms with E-state index in [0.717, 1.165) is 17.0 Å². The van der Waals surface area contributed by atoms with Crippen LogP contribution in [0, 0.1) is 6.92 Å². The summed E-state index contributed by atoms with van der Waals surface area (Å²) in [5, 5.41) is 3.30. The monoisotopic (exact) mass is 269 g/mol. The number of sulfone groups is 1. The quantitative estimate of drug-likeness (QED) is 0.908. The Kier molecular flexibility index (Phi) is 3.80. The molecule has 0 spiro atoms. The molecule has 1 atom stereocenters. The molecular formula is C13H19NO3S. The molecule has 1 aromatic carbocycles. The summed E-state index contributed by atoms with van der Waals surface area (Å²) < 4.78 is 28.2. The van der Waals surface area contributed by atoms with Crippen molar-refractivity contribution in [1.29, 1.82) is 0 Å². The summed E-state index contributed by atoms with van der Waals surface area (Å²) in [6.07, 6.45) is 0.689. The second-order valence-corrected chi connectivity index (χ2v) is 6.88. The zero-order valence-corrected chi connectivity index (χ0v) is 11.6. The molecule has 1 aromatic rings. The van der Waals surface area contributed by atoms with Crippen LogP contribution in [0.4, 0.5) is 5.69 Å². The second-order valence-electron chi connectivity index (χ2n) is 4.65. The normalized spacial score (nSPS) is 21.8. The van der Waals surface area contributed by atoms with Gasteiger partial charge in [-0.05, 0) is 44.0 Å². The number of aryl methyl sites for hydroxylation is 1. The minimum Gasteiger partial charge on any atom is -0.494 e. The summed E-state index contributed by atoms with van der Waals surface area (Å²) in [6.45, 7) is 4.59. The van der Waals surface area contributed by atoms with Crippen molar-refractivity contribution in [2.75, 3.05) is 23.4 Å². The van der Waals surface area contributed by atoms with Crippen LogP contribution in [0.1, 0.15) is 18.9 Å². The number of rotatable bonds is 4. The highest BCUT2D eigenvalue weighted by molar-refractivity contribution is 7.91. The van der Waals surface area contributed by atoms with Gasteiger partial charge in [0.2, 0.25) is 0 Å². The number of nitrogens with one attached hydrogen (secondary N) is 1. The van der Waals surface area contributed by atoms with Crippen LogP contribution in [0.15, 0.2) is 18.2 Å². The Morgan fingerprint density at radius 1 is 1.44 bits per heavy atom. The first kappa shape index (κ1) is 13.2. The second kappa shape index (κ2) is 5.18. The van der Waals surface area contributed by atoms with E-state index in [-0.39, 0.29) is 11.8 Å². The summed E-state index contributed by atoms with van der Waals surface area (Å²) in [5.41, 5.74) is 2.06. The van der Waals surface area contributed by atoms with E-state index in [2.05, 4.69) is 5.32 Å². The fourth-order valence-corrected chi connectivity index (χ4v) is 3.86. The van der Waals surface area contributed by atoms with Crippen molar-refractivity contribution in [3.63, 3.8) is 0 Å². The molecule has 0 radical (unpaired) electrons. The van der Waals surface area contributed by atoms with E-state index in [1.165, 1.54) is 0 Å². The minimum absolute atomic E-state index is 0.0339. The molecule has 0 saturated carbocycles. The number of ether oxygens (including phenoxy) is 1. The van der Waals surface area contributed by atoms with Gasteiger partial charge in [0, 0.05) is 11.7 Å². The lowest BCUT2D eigenvalue weighted by molar-refractivity contribution is 0.340. The van der Waals surface area contributed by atoms with E-state index in [4.69, 9.17) is 4.74 Å². The molecule has 0 aromatic heterocycles. The van der Waals surface area contributed by atoms with E-state index in [0.29, 0.717) is 18.8 Å². The van der Waals surface area contributed by atoms with E-state index >= 15 is 0 Å². The van der Waals surface area contributed by atoms with Crippen molar-refractivity contribution >= 4 is 15.5 Å². The van der Waals surface area contributed by atoms with Gasteiger partial charge in [-0.1, -0.05) is 0 Å². The van der Waals surface area contributed by atoms with Crippen LogP contribution in [-0.4, -0.2) is 32.6 Å². The first-order valence-electron chi connectivity index (χ1n) is 6.20. The predicted octanol–water partition coefficient (Wildman–Crippen LogP) is 1.99. The number of anilines is 1. The van der Waals surface area contributed by atoms with Crippen LogP contribution in [-0.2, 0) is 9.84 Å². The van der Waals surface area contributed by atoms with E-state index < -0.39 is 9.84 Å². The highest BCUT2D eigenvalue weighted by Gasteiger charge is 2.27. The third-order valence-electron chi connectivity index (χ3n) is 3.10. The smallest absolute Gasteiger partial charge is 0.152 e. The van der Waals surface area contributed by atoms with E-state index in [9.17, 15) is 8.42 Å². The van der Waals surface area contributed by atoms with Gasteiger partial charge in [-0.25, -0.2) is 8.42 Å². The maximum Gasteiger partial charge on any atom is 0.152 e. The van der Waals surface area contributed by atoms with Crippen molar-refractivity contribution in [2.24, 2.45) is 0 Å². The maximum absolute atomic E-state index is 11.4. The molecule has 0 amide bonds.